The van der Waals surface area contributed by atoms with Crippen molar-refractivity contribution in [3.8, 4) is 34.2 Å². The summed E-state index contributed by atoms with van der Waals surface area (Å²) in [4.78, 5) is 75.1. The van der Waals surface area contributed by atoms with Crippen molar-refractivity contribution in [1.29, 1.82) is 0 Å². The second kappa shape index (κ2) is 14.9. The van der Waals surface area contributed by atoms with Gasteiger partial charge in [0.2, 0.25) is 17.7 Å². The predicted molar refractivity (Wildman–Crippen MR) is 213 cm³/mol. The van der Waals surface area contributed by atoms with Crippen molar-refractivity contribution in [1.82, 2.24) is 25.5 Å². The zero-order chi connectivity index (χ0) is 39.1. The minimum Gasteiger partial charge on any atom is -0.350 e. The molecule has 2 aromatic heterocycles. The number of amides is 5. The van der Waals surface area contributed by atoms with Gasteiger partial charge in [0.15, 0.2) is 0 Å². The molecule has 3 aromatic carbocycles. The molecule has 1 fully saturated rings. The third kappa shape index (κ3) is 6.79. The Morgan fingerprint density at radius 1 is 0.911 bits per heavy atom. The number of piperidine rings is 1. The predicted octanol–water partition coefficient (Wildman–Crippen LogP) is 5.93. The van der Waals surface area contributed by atoms with Gasteiger partial charge in [-0.2, -0.15) is 0 Å². The van der Waals surface area contributed by atoms with Crippen molar-refractivity contribution >= 4 is 46.0 Å². The van der Waals surface area contributed by atoms with Gasteiger partial charge < -0.3 is 15.1 Å². The molecule has 8 rings (SSSR count). The Kier molecular flexibility index (Phi) is 9.64. The van der Waals surface area contributed by atoms with Crippen molar-refractivity contribution in [3.05, 3.63) is 113 Å². The maximum absolute atomic E-state index is 13.1. The van der Waals surface area contributed by atoms with Gasteiger partial charge in [-0.05, 0) is 88.4 Å². The van der Waals surface area contributed by atoms with Gasteiger partial charge in [-0.25, -0.2) is 0 Å². The third-order valence-corrected chi connectivity index (χ3v) is 10.9. The highest BCUT2D eigenvalue weighted by molar-refractivity contribution is 6.06. The van der Waals surface area contributed by atoms with Crippen LogP contribution in [0.1, 0.15) is 88.5 Å². The second-order valence-electron chi connectivity index (χ2n) is 14.7. The van der Waals surface area contributed by atoms with Gasteiger partial charge in [0, 0.05) is 79.6 Å². The summed E-state index contributed by atoms with van der Waals surface area (Å²) in [5.74, 6) is 5.30. The quantitative estimate of drug-likeness (QED) is 0.120. The van der Waals surface area contributed by atoms with Crippen LogP contribution in [-0.4, -0.2) is 64.0 Å². The molecule has 11 nitrogen and oxygen atoms in total. The molecule has 1 saturated heterocycles. The monoisotopic (exact) mass is 744 g/mol. The van der Waals surface area contributed by atoms with E-state index in [1.165, 1.54) is 16.0 Å². The van der Waals surface area contributed by atoms with Crippen molar-refractivity contribution in [2.24, 2.45) is 0 Å². The molecule has 0 radical (unpaired) electrons. The fraction of sp³-hybridized carbons (Fsp3) is 0.267. The van der Waals surface area contributed by atoms with Crippen LogP contribution >= 0.6 is 0 Å². The summed E-state index contributed by atoms with van der Waals surface area (Å²) < 4.78 is 0. The Hall–Kier alpha value is -6.67. The van der Waals surface area contributed by atoms with Crippen LogP contribution in [0.2, 0.25) is 0 Å². The minimum absolute atomic E-state index is 0.130. The molecule has 1 atom stereocenters. The van der Waals surface area contributed by atoms with Crippen molar-refractivity contribution < 1.29 is 24.0 Å². The van der Waals surface area contributed by atoms with Gasteiger partial charge in [-0.15, -0.1) is 0 Å². The summed E-state index contributed by atoms with van der Waals surface area (Å²) in [5.41, 5.74) is 9.32. The van der Waals surface area contributed by atoms with Gasteiger partial charge in [0.05, 0.1) is 5.69 Å². The molecule has 0 spiro atoms. The first-order valence-corrected chi connectivity index (χ1v) is 18.9. The standard InChI is InChI=1S/C45H40N6O5/c1-26(2)34-20-30(22-40-32(34)14-18-42(53)50(40)3)31-11-7-10-28-21-38(48-24-35(28)31)29-13-15-37(47-23-29)43(54)46-19-5-4-8-27-9-6-12-33-36(27)25-51(45(33)56)39-16-17-41(52)49-44(39)55/h6-7,9-13,15,20-24,26,39H,5,14,16-19,25H2,1-3H3,(H,46,54)(H,49,52,55). The summed E-state index contributed by atoms with van der Waals surface area (Å²) in [5, 5.41) is 7.21. The zero-order valence-corrected chi connectivity index (χ0v) is 31.4. The Morgan fingerprint density at radius 2 is 1.73 bits per heavy atom. The lowest BCUT2D eigenvalue weighted by atomic mass is 9.86. The summed E-state index contributed by atoms with van der Waals surface area (Å²) in [7, 11) is 1.86. The topological polar surface area (TPSA) is 142 Å². The largest absolute Gasteiger partial charge is 0.350 e. The highest BCUT2D eigenvalue weighted by Crippen LogP contribution is 2.40. The molecule has 0 aliphatic carbocycles. The maximum atomic E-state index is 13.1. The molecule has 0 saturated carbocycles. The summed E-state index contributed by atoms with van der Waals surface area (Å²) in [6.45, 7) is 4.93. The molecule has 5 amide bonds. The Balaban J connectivity index is 0.918. The number of rotatable bonds is 7. The molecular weight excluding hydrogens is 705 g/mol. The lowest BCUT2D eigenvalue weighted by molar-refractivity contribution is -0.137. The molecule has 5 aromatic rings. The average Bonchev–Trinajstić information content (AvgIpc) is 3.54. The van der Waals surface area contributed by atoms with Crippen LogP contribution in [0.5, 0.6) is 0 Å². The number of pyridine rings is 2. The van der Waals surface area contributed by atoms with E-state index in [1.807, 2.05) is 37.5 Å². The van der Waals surface area contributed by atoms with Crippen molar-refractivity contribution in [2.75, 3.05) is 18.5 Å². The first kappa shape index (κ1) is 36.3. The lowest BCUT2D eigenvalue weighted by Crippen LogP contribution is -2.52. The van der Waals surface area contributed by atoms with Crippen LogP contribution in [0.25, 0.3) is 33.2 Å². The Labute approximate surface area is 324 Å². The van der Waals surface area contributed by atoms with Gasteiger partial charge >= 0.3 is 0 Å². The molecule has 0 bridgehead atoms. The van der Waals surface area contributed by atoms with Gasteiger partial charge in [-0.1, -0.05) is 56.0 Å². The van der Waals surface area contributed by atoms with Crippen LogP contribution in [0.3, 0.4) is 0 Å². The van der Waals surface area contributed by atoms with E-state index < -0.39 is 11.9 Å². The normalized spacial score (nSPS) is 16.4. The third-order valence-electron chi connectivity index (χ3n) is 10.9. The smallest absolute Gasteiger partial charge is 0.269 e. The second-order valence-corrected chi connectivity index (χ2v) is 14.7. The number of nitrogens with zero attached hydrogens (tertiary/aromatic N) is 4. The summed E-state index contributed by atoms with van der Waals surface area (Å²) >= 11 is 0. The highest BCUT2D eigenvalue weighted by Gasteiger charge is 2.39. The first-order valence-electron chi connectivity index (χ1n) is 18.9. The molecule has 3 aliphatic heterocycles. The van der Waals surface area contributed by atoms with Crippen LogP contribution in [0, 0.1) is 11.8 Å². The lowest BCUT2D eigenvalue weighted by Gasteiger charge is -2.29. The number of anilines is 1. The number of benzene rings is 3. The summed E-state index contributed by atoms with van der Waals surface area (Å²) in [6, 6.07) is 20.7. The van der Waals surface area contributed by atoms with E-state index in [-0.39, 0.29) is 42.3 Å². The Bertz CT molecular complexity index is 2530. The molecule has 5 heterocycles. The van der Waals surface area contributed by atoms with Gasteiger partial charge in [0.1, 0.15) is 11.7 Å². The number of imide groups is 1. The van der Waals surface area contributed by atoms with E-state index in [4.69, 9.17) is 4.98 Å². The minimum atomic E-state index is -0.689. The first-order chi connectivity index (χ1) is 27.1. The van der Waals surface area contributed by atoms with Crippen LogP contribution < -0.4 is 15.5 Å². The number of aromatic nitrogens is 2. The molecule has 280 valence electrons. The van der Waals surface area contributed by atoms with Crippen LogP contribution in [0.15, 0.2) is 79.1 Å². The highest BCUT2D eigenvalue weighted by atomic mass is 16.2. The number of carbonyl (C=O) groups is 5. The van der Waals surface area contributed by atoms with E-state index in [0.29, 0.717) is 42.9 Å². The van der Waals surface area contributed by atoms with E-state index >= 15 is 0 Å². The van der Waals surface area contributed by atoms with Crippen LogP contribution in [-0.2, 0) is 27.3 Å². The molecular formula is C45H40N6O5. The van der Waals surface area contributed by atoms with E-state index in [0.717, 1.165) is 50.8 Å². The Morgan fingerprint density at radius 3 is 2.52 bits per heavy atom. The molecule has 11 heteroatoms. The fourth-order valence-electron chi connectivity index (χ4n) is 7.91. The maximum Gasteiger partial charge on any atom is 0.269 e. The van der Waals surface area contributed by atoms with E-state index in [9.17, 15) is 24.0 Å². The number of carbonyl (C=O) groups excluding carboxylic acids is 5. The average molecular weight is 745 g/mol. The van der Waals surface area contributed by atoms with Gasteiger partial charge in [-0.3, -0.25) is 39.3 Å². The zero-order valence-electron chi connectivity index (χ0n) is 31.4. The van der Waals surface area contributed by atoms with E-state index in [1.54, 1.807) is 29.3 Å². The fourth-order valence-corrected chi connectivity index (χ4v) is 7.91. The van der Waals surface area contributed by atoms with Gasteiger partial charge in [0.25, 0.3) is 11.8 Å². The summed E-state index contributed by atoms with van der Waals surface area (Å²) in [6.07, 6.45) is 5.67. The van der Waals surface area contributed by atoms with Crippen molar-refractivity contribution in [2.45, 2.75) is 64.5 Å². The number of hydrogen-bond acceptors (Lipinski definition) is 7. The molecule has 2 N–H and O–H groups in total. The molecule has 1 unspecified atom stereocenters. The number of nitrogens with one attached hydrogen (secondary N) is 2. The molecule has 3 aliphatic rings. The number of hydrogen-bond donors (Lipinski definition) is 2. The number of fused-ring (bicyclic) bond motifs is 3. The van der Waals surface area contributed by atoms with Crippen molar-refractivity contribution in [3.63, 3.8) is 0 Å². The molecule has 56 heavy (non-hydrogen) atoms. The van der Waals surface area contributed by atoms with Crippen LogP contribution in [0.4, 0.5) is 5.69 Å². The SMILES string of the molecule is CC(C)c1cc(-c2cccc3cc(-c4ccc(C(=O)NCCC#Cc5cccc6c5CN(C5CCC(=O)NC5=O)C6=O)nc4)ncc23)cc2c1CCC(=O)N2C. The van der Waals surface area contributed by atoms with E-state index in [2.05, 4.69) is 65.6 Å².